The van der Waals surface area contributed by atoms with Gasteiger partial charge in [0.05, 0.1) is 0 Å². The Hall–Kier alpha value is -0.860. The minimum absolute atomic E-state index is 0.439. The number of likely N-dealkylation sites (tertiary alicyclic amines) is 1. The molecule has 1 saturated heterocycles. The number of hydrogen-bond acceptors (Lipinski definition) is 2. The van der Waals surface area contributed by atoms with Crippen LogP contribution < -0.4 is 5.32 Å². The number of hydrogen-bond donors (Lipinski definition) is 1. The van der Waals surface area contributed by atoms with Gasteiger partial charge in [0.1, 0.15) is 0 Å². The molecule has 0 saturated carbocycles. The van der Waals surface area contributed by atoms with Crippen LogP contribution in [-0.2, 0) is 0 Å². The molecule has 0 radical (unpaired) electrons. The minimum Gasteiger partial charge on any atom is -0.312 e. The fourth-order valence-corrected chi connectivity index (χ4v) is 2.88. The lowest BCUT2D eigenvalue weighted by Gasteiger charge is -2.37. The summed E-state index contributed by atoms with van der Waals surface area (Å²) >= 11 is 0. The third kappa shape index (κ3) is 3.08. The van der Waals surface area contributed by atoms with Crippen molar-refractivity contribution in [2.45, 2.75) is 38.3 Å². The Morgan fingerprint density at radius 3 is 2.29 bits per heavy atom. The number of nitrogens with one attached hydrogen (secondary N) is 1. The highest BCUT2D eigenvalue weighted by molar-refractivity contribution is 5.20. The fourth-order valence-electron chi connectivity index (χ4n) is 2.88. The van der Waals surface area contributed by atoms with Crippen LogP contribution in [0.1, 0.15) is 37.8 Å². The first-order valence-electron chi connectivity index (χ1n) is 6.79. The van der Waals surface area contributed by atoms with Crippen LogP contribution in [0.25, 0.3) is 0 Å². The molecule has 1 N–H and O–H groups in total. The zero-order valence-electron chi connectivity index (χ0n) is 11.0. The first-order valence-corrected chi connectivity index (χ1v) is 6.79. The lowest BCUT2D eigenvalue weighted by atomic mass is 9.97. The number of likely N-dealkylation sites (N-methyl/N-ethyl adjacent to an activating group) is 1. The van der Waals surface area contributed by atoms with Crippen LogP contribution in [0.2, 0.25) is 0 Å². The Balaban J connectivity index is 2.07. The van der Waals surface area contributed by atoms with Crippen molar-refractivity contribution < 1.29 is 0 Å². The Morgan fingerprint density at radius 2 is 1.71 bits per heavy atom. The van der Waals surface area contributed by atoms with Gasteiger partial charge < -0.3 is 5.32 Å². The van der Waals surface area contributed by atoms with Gasteiger partial charge in [-0.25, -0.2) is 0 Å². The van der Waals surface area contributed by atoms with Crippen LogP contribution in [0.15, 0.2) is 30.3 Å². The minimum atomic E-state index is 0.439. The van der Waals surface area contributed by atoms with E-state index in [9.17, 15) is 0 Å². The van der Waals surface area contributed by atoms with Gasteiger partial charge >= 0.3 is 0 Å². The number of piperidine rings is 1. The first kappa shape index (κ1) is 12.6. The highest BCUT2D eigenvalue weighted by atomic mass is 15.2. The van der Waals surface area contributed by atoms with Crippen molar-refractivity contribution in [2.75, 3.05) is 20.1 Å². The maximum Gasteiger partial charge on any atom is 0.0473 e. The van der Waals surface area contributed by atoms with E-state index in [-0.39, 0.29) is 0 Å². The van der Waals surface area contributed by atoms with Gasteiger partial charge in [-0.2, -0.15) is 0 Å². The molecule has 1 fully saturated rings. The van der Waals surface area contributed by atoms with Crippen LogP contribution in [-0.4, -0.2) is 31.1 Å². The maximum atomic E-state index is 3.47. The summed E-state index contributed by atoms with van der Waals surface area (Å²) in [7, 11) is 2.07. The van der Waals surface area contributed by atoms with Crippen molar-refractivity contribution in [3.05, 3.63) is 35.9 Å². The van der Waals surface area contributed by atoms with Crippen LogP contribution >= 0.6 is 0 Å². The molecule has 2 heteroatoms. The number of rotatable bonds is 4. The predicted octanol–water partition coefficient (Wildman–Crippen LogP) is 2.82. The standard InChI is InChI=1S/C15H24N2/c1-13(17-11-7-4-8-12-17)15(16-2)14-9-5-3-6-10-14/h3,5-6,9-10,13,15-16H,4,7-8,11-12H2,1-2H3. The lowest BCUT2D eigenvalue weighted by molar-refractivity contribution is 0.144. The van der Waals surface area contributed by atoms with E-state index < -0.39 is 0 Å². The zero-order valence-corrected chi connectivity index (χ0v) is 11.0. The Labute approximate surface area is 105 Å². The molecule has 1 aromatic carbocycles. The monoisotopic (exact) mass is 232 g/mol. The van der Waals surface area contributed by atoms with Gasteiger partial charge in [0.25, 0.3) is 0 Å². The average molecular weight is 232 g/mol. The van der Waals surface area contributed by atoms with E-state index in [1.165, 1.54) is 37.9 Å². The van der Waals surface area contributed by atoms with Crippen molar-refractivity contribution in [3.8, 4) is 0 Å². The van der Waals surface area contributed by atoms with Crippen molar-refractivity contribution in [3.63, 3.8) is 0 Å². The molecule has 2 atom stereocenters. The van der Waals surface area contributed by atoms with E-state index in [0.717, 1.165) is 0 Å². The van der Waals surface area contributed by atoms with Crippen molar-refractivity contribution in [1.82, 2.24) is 10.2 Å². The maximum absolute atomic E-state index is 3.47. The van der Waals surface area contributed by atoms with Crippen LogP contribution in [0.4, 0.5) is 0 Å². The smallest absolute Gasteiger partial charge is 0.0473 e. The quantitative estimate of drug-likeness (QED) is 0.858. The summed E-state index contributed by atoms with van der Waals surface area (Å²) in [6.07, 6.45) is 4.11. The largest absolute Gasteiger partial charge is 0.312 e. The molecule has 2 nitrogen and oxygen atoms in total. The van der Waals surface area contributed by atoms with Gasteiger partial charge in [-0.1, -0.05) is 36.8 Å². The SMILES string of the molecule is CNC(c1ccccc1)C(C)N1CCCCC1. The number of nitrogens with zero attached hydrogens (tertiary/aromatic N) is 1. The highest BCUT2D eigenvalue weighted by Gasteiger charge is 2.24. The van der Waals surface area contributed by atoms with Crippen LogP contribution in [0.5, 0.6) is 0 Å². The molecule has 0 bridgehead atoms. The van der Waals surface area contributed by atoms with Gasteiger partial charge in [0.15, 0.2) is 0 Å². The van der Waals surface area contributed by atoms with E-state index in [4.69, 9.17) is 0 Å². The molecule has 0 amide bonds. The summed E-state index contributed by atoms with van der Waals surface area (Å²) in [4.78, 5) is 2.62. The van der Waals surface area contributed by atoms with Gasteiger partial charge in [-0.05, 0) is 45.5 Å². The van der Waals surface area contributed by atoms with E-state index in [1.54, 1.807) is 0 Å². The molecular formula is C15H24N2. The van der Waals surface area contributed by atoms with E-state index >= 15 is 0 Å². The van der Waals surface area contributed by atoms with Gasteiger partial charge in [-0.3, -0.25) is 4.90 Å². The molecule has 2 unspecified atom stereocenters. The van der Waals surface area contributed by atoms with Crippen molar-refractivity contribution in [1.29, 1.82) is 0 Å². The molecule has 1 aromatic rings. The summed E-state index contributed by atoms with van der Waals surface area (Å²) < 4.78 is 0. The lowest BCUT2D eigenvalue weighted by Crippen LogP contribution is -2.44. The zero-order chi connectivity index (χ0) is 12.1. The normalized spacial score (nSPS) is 21.1. The Bertz CT molecular complexity index is 317. The molecule has 94 valence electrons. The topological polar surface area (TPSA) is 15.3 Å². The Kier molecular flexibility index (Phi) is 4.57. The molecule has 1 aliphatic heterocycles. The van der Waals surface area contributed by atoms with Crippen molar-refractivity contribution >= 4 is 0 Å². The summed E-state index contributed by atoms with van der Waals surface area (Å²) in [5.74, 6) is 0. The summed E-state index contributed by atoms with van der Waals surface area (Å²) in [6.45, 7) is 4.86. The third-order valence-corrected chi connectivity index (χ3v) is 3.92. The second-order valence-corrected chi connectivity index (χ2v) is 5.01. The molecule has 0 aliphatic carbocycles. The van der Waals surface area contributed by atoms with E-state index in [2.05, 4.69) is 54.5 Å². The van der Waals surface area contributed by atoms with E-state index in [0.29, 0.717) is 12.1 Å². The molecule has 1 aliphatic rings. The second-order valence-electron chi connectivity index (χ2n) is 5.01. The van der Waals surface area contributed by atoms with Gasteiger partial charge in [0.2, 0.25) is 0 Å². The third-order valence-electron chi connectivity index (χ3n) is 3.92. The summed E-state index contributed by atoms with van der Waals surface area (Å²) in [6, 6.07) is 11.8. The summed E-state index contributed by atoms with van der Waals surface area (Å²) in [5, 5.41) is 3.47. The molecule has 2 rings (SSSR count). The van der Waals surface area contributed by atoms with Crippen molar-refractivity contribution in [2.24, 2.45) is 0 Å². The fraction of sp³-hybridized carbons (Fsp3) is 0.600. The first-order chi connectivity index (χ1) is 8.33. The molecule has 0 aromatic heterocycles. The second kappa shape index (κ2) is 6.18. The highest BCUT2D eigenvalue weighted by Crippen LogP contribution is 2.23. The van der Waals surface area contributed by atoms with Crippen LogP contribution in [0.3, 0.4) is 0 Å². The van der Waals surface area contributed by atoms with Gasteiger partial charge in [0, 0.05) is 12.1 Å². The average Bonchev–Trinajstić information content (AvgIpc) is 2.42. The molecular weight excluding hydrogens is 208 g/mol. The van der Waals surface area contributed by atoms with Gasteiger partial charge in [-0.15, -0.1) is 0 Å². The molecule has 17 heavy (non-hydrogen) atoms. The summed E-state index contributed by atoms with van der Waals surface area (Å²) in [5.41, 5.74) is 1.40. The Morgan fingerprint density at radius 1 is 1.06 bits per heavy atom. The predicted molar refractivity (Wildman–Crippen MR) is 73.1 cm³/mol. The van der Waals surface area contributed by atoms with Crippen LogP contribution in [0, 0.1) is 0 Å². The molecule has 0 spiro atoms. The van der Waals surface area contributed by atoms with E-state index in [1.807, 2.05) is 0 Å². The molecule has 1 heterocycles. The number of benzene rings is 1.